The fraction of sp³-hybridized carbons (Fsp3) is 0.417. The average Bonchev–Trinajstić information content (AvgIpc) is 2.15. The van der Waals surface area contributed by atoms with Gasteiger partial charge in [-0.15, -0.1) is 0 Å². The molecule has 0 amide bonds. The lowest BCUT2D eigenvalue weighted by Gasteiger charge is -2.20. The molecular formula is C12H16O3. The van der Waals surface area contributed by atoms with E-state index >= 15 is 0 Å². The lowest BCUT2D eigenvalue weighted by Crippen LogP contribution is -2.12. The van der Waals surface area contributed by atoms with E-state index in [0.29, 0.717) is 5.75 Å². The third-order valence-electron chi connectivity index (χ3n) is 2.30. The quantitative estimate of drug-likeness (QED) is 0.812. The van der Waals surface area contributed by atoms with Crippen molar-refractivity contribution in [2.45, 2.75) is 26.2 Å². The van der Waals surface area contributed by atoms with Crippen LogP contribution in [0, 0.1) is 0 Å². The van der Waals surface area contributed by atoms with Gasteiger partial charge in [-0.05, 0) is 23.1 Å². The van der Waals surface area contributed by atoms with Gasteiger partial charge in [0.2, 0.25) is 0 Å². The van der Waals surface area contributed by atoms with E-state index in [1.165, 1.54) is 7.11 Å². The van der Waals surface area contributed by atoms with Gasteiger partial charge in [0, 0.05) is 0 Å². The van der Waals surface area contributed by atoms with E-state index in [2.05, 4.69) is 20.8 Å². The minimum Gasteiger partial charge on any atom is -0.496 e. The normalized spacial score (nSPS) is 11.2. The standard InChI is InChI=1S/C12H16O3/c1-12(2,3)8-5-6-9(11(13)14)10(7-8)15-4/h5-7H,1-4H3,(H,13,14). The van der Waals surface area contributed by atoms with Gasteiger partial charge in [-0.2, -0.15) is 0 Å². The van der Waals surface area contributed by atoms with Gasteiger partial charge < -0.3 is 9.84 Å². The van der Waals surface area contributed by atoms with Crippen LogP contribution in [0.1, 0.15) is 36.7 Å². The number of aromatic carboxylic acids is 1. The highest BCUT2D eigenvalue weighted by molar-refractivity contribution is 5.91. The molecule has 0 aliphatic rings. The smallest absolute Gasteiger partial charge is 0.339 e. The van der Waals surface area contributed by atoms with Crippen molar-refractivity contribution in [3.63, 3.8) is 0 Å². The number of hydrogen-bond acceptors (Lipinski definition) is 2. The zero-order chi connectivity index (χ0) is 11.6. The van der Waals surface area contributed by atoms with Gasteiger partial charge in [0.15, 0.2) is 0 Å². The Labute approximate surface area is 89.7 Å². The minimum absolute atomic E-state index is 0.00961. The Balaban J connectivity index is 3.25. The first-order valence-electron chi connectivity index (χ1n) is 4.78. The highest BCUT2D eigenvalue weighted by Crippen LogP contribution is 2.28. The molecule has 1 aromatic rings. The zero-order valence-corrected chi connectivity index (χ0v) is 9.50. The van der Waals surface area contributed by atoms with Crippen LogP contribution < -0.4 is 4.74 Å². The van der Waals surface area contributed by atoms with E-state index in [0.717, 1.165) is 5.56 Å². The highest BCUT2D eigenvalue weighted by Gasteiger charge is 2.18. The molecule has 0 heterocycles. The van der Waals surface area contributed by atoms with Gasteiger partial charge in [0.05, 0.1) is 7.11 Å². The summed E-state index contributed by atoms with van der Waals surface area (Å²) in [5.74, 6) is -0.553. The Morgan fingerprint density at radius 1 is 1.33 bits per heavy atom. The van der Waals surface area contributed by atoms with Crippen LogP contribution in [0.5, 0.6) is 5.75 Å². The molecule has 0 bridgehead atoms. The molecule has 82 valence electrons. The molecule has 1 aromatic carbocycles. The van der Waals surface area contributed by atoms with Crippen LogP contribution in [-0.2, 0) is 5.41 Å². The molecule has 3 nitrogen and oxygen atoms in total. The number of carboxylic acids is 1. The van der Waals surface area contributed by atoms with Crippen LogP contribution in [0.2, 0.25) is 0 Å². The van der Waals surface area contributed by atoms with Crippen LogP contribution in [-0.4, -0.2) is 18.2 Å². The molecule has 0 aliphatic heterocycles. The Kier molecular flexibility index (Phi) is 3.03. The van der Waals surface area contributed by atoms with Crippen molar-refractivity contribution in [1.82, 2.24) is 0 Å². The molecule has 0 saturated heterocycles. The molecule has 0 aromatic heterocycles. The maximum atomic E-state index is 10.9. The Morgan fingerprint density at radius 2 is 1.93 bits per heavy atom. The number of ether oxygens (including phenoxy) is 1. The largest absolute Gasteiger partial charge is 0.496 e. The summed E-state index contributed by atoms with van der Waals surface area (Å²) in [7, 11) is 1.48. The first kappa shape index (κ1) is 11.6. The summed E-state index contributed by atoms with van der Waals surface area (Å²) in [4.78, 5) is 10.9. The number of hydrogen-bond donors (Lipinski definition) is 1. The fourth-order valence-electron chi connectivity index (χ4n) is 1.33. The Bertz CT molecular complexity index is 375. The van der Waals surface area contributed by atoms with Crippen LogP contribution in [0.15, 0.2) is 18.2 Å². The summed E-state index contributed by atoms with van der Waals surface area (Å²) in [6.07, 6.45) is 0. The van der Waals surface area contributed by atoms with Gasteiger partial charge in [0.1, 0.15) is 11.3 Å². The molecule has 15 heavy (non-hydrogen) atoms. The van der Waals surface area contributed by atoms with E-state index < -0.39 is 5.97 Å². The maximum Gasteiger partial charge on any atom is 0.339 e. The SMILES string of the molecule is COc1cc(C(C)(C)C)ccc1C(=O)O. The molecule has 1 rings (SSSR count). The molecule has 0 fully saturated rings. The third kappa shape index (κ3) is 2.49. The lowest BCUT2D eigenvalue weighted by atomic mass is 9.86. The summed E-state index contributed by atoms with van der Waals surface area (Å²) in [6, 6.07) is 5.19. The molecule has 0 atom stereocenters. The molecule has 0 aliphatic carbocycles. The van der Waals surface area contributed by atoms with E-state index in [1.807, 2.05) is 6.07 Å². The molecule has 0 saturated carbocycles. The van der Waals surface area contributed by atoms with Gasteiger partial charge >= 0.3 is 5.97 Å². The monoisotopic (exact) mass is 208 g/mol. The Morgan fingerprint density at radius 3 is 2.33 bits per heavy atom. The van der Waals surface area contributed by atoms with Crippen molar-refractivity contribution in [3.8, 4) is 5.75 Å². The maximum absolute atomic E-state index is 10.9. The zero-order valence-electron chi connectivity index (χ0n) is 9.50. The van der Waals surface area contributed by atoms with Crippen molar-refractivity contribution < 1.29 is 14.6 Å². The molecule has 0 spiro atoms. The number of methoxy groups -OCH3 is 1. The van der Waals surface area contributed by atoms with Gasteiger partial charge in [-0.1, -0.05) is 26.8 Å². The van der Waals surface area contributed by atoms with Gasteiger partial charge in [-0.25, -0.2) is 4.79 Å². The summed E-state index contributed by atoms with van der Waals surface area (Å²) < 4.78 is 5.06. The first-order valence-corrected chi connectivity index (χ1v) is 4.78. The molecular weight excluding hydrogens is 192 g/mol. The van der Waals surface area contributed by atoms with Crippen molar-refractivity contribution in [2.24, 2.45) is 0 Å². The average molecular weight is 208 g/mol. The predicted octanol–water partition coefficient (Wildman–Crippen LogP) is 2.69. The van der Waals surface area contributed by atoms with Gasteiger partial charge in [-0.3, -0.25) is 0 Å². The highest BCUT2D eigenvalue weighted by atomic mass is 16.5. The van der Waals surface area contributed by atoms with Gasteiger partial charge in [0.25, 0.3) is 0 Å². The van der Waals surface area contributed by atoms with E-state index in [9.17, 15) is 4.79 Å². The molecule has 0 radical (unpaired) electrons. The second-order valence-electron chi connectivity index (χ2n) is 4.47. The van der Waals surface area contributed by atoms with Crippen molar-refractivity contribution in [3.05, 3.63) is 29.3 Å². The molecule has 1 N–H and O–H groups in total. The van der Waals surface area contributed by atoms with Crippen molar-refractivity contribution in [2.75, 3.05) is 7.11 Å². The molecule has 0 unspecified atom stereocenters. The fourth-order valence-corrected chi connectivity index (χ4v) is 1.33. The third-order valence-corrected chi connectivity index (χ3v) is 2.30. The van der Waals surface area contributed by atoms with E-state index in [1.54, 1.807) is 12.1 Å². The number of rotatable bonds is 2. The van der Waals surface area contributed by atoms with Crippen molar-refractivity contribution >= 4 is 5.97 Å². The van der Waals surface area contributed by atoms with Crippen LogP contribution in [0.3, 0.4) is 0 Å². The minimum atomic E-state index is -0.965. The van der Waals surface area contributed by atoms with E-state index in [-0.39, 0.29) is 11.0 Å². The summed E-state index contributed by atoms with van der Waals surface area (Å²) in [5.41, 5.74) is 1.25. The summed E-state index contributed by atoms with van der Waals surface area (Å²) >= 11 is 0. The lowest BCUT2D eigenvalue weighted by molar-refractivity contribution is 0.0693. The second-order valence-corrected chi connectivity index (χ2v) is 4.47. The van der Waals surface area contributed by atoms with Crippen LogP contribution in [0.4, 0.5) is 0 Å². The first-order chi connectivity index (χ1) is 6.86. The predicted molar refractivity (Wildman–Crippen MR) is 58.7 cm³/mol. The molecule has 3 heteroatoms. The number of carbonyl (C=O) groups is 1. The topological polar surface area (TPSA) is 46.5 Å². The summed E-state index contributed by atoms with van der Waals surface area (Å²) in [5, 5.41) is 8.91. The Hall–Kier alpha value is -1.51. The number of benzene rings is 1. The van der Waals surface area contributed by atoms with Crippen LogP contribution in [0.25, 0.3) is 0 Å². The summed E-state index contributed by atoms with van der Waals surface area (Å²) in [6.45, 7) is 6.21. The number of carboxylic acid groups (broad SMARTS) is 1. The second kappa shape index (κ2) is 3.93. The van der Waals surface area contributed by atoms with Crippen molar-refractivity contribution in [1.29, 1.82) is 0 Å². The van der Waals surface area contributed by atoms with Crippen LogP contribution >= 0.6 is 0 Å². The van der Waals surface area contributed by atoms with E-state index in [4.69, 9.17) is 9.84 Å².